The monoisotopic (exact) mass is 309 g/mol. The van der Waals surface area contributed by atoms with Gasteiger partial charge in [0.05, 0.1) is 13.2 Å². The van der Waals surface area contributed by atoms with E-state index in [1.807, 2.05) is 6.92 Å². The highest BCUT2D eigenvalue weighted by Crippen LogP contribution is 2.33. The molecule has 0 saturated carbocycles. The zero-order valence-corrected chi connectivity index (χ0v) is 12.6. The van der Waals surface area contributed by atoms with E-state index in [4.69, 9.17) is 21.1 Å². The summed E-state index contributed by atoms with van der Waals surface area (Å²) in [6.45, 7) is 4.56. The third-order valence-electron chi connectivity index (χ3n) is 2.68. The number of aromatic nitrogens is 3. The average Bonchev–Trinajstić information content (AvgIpc) is 2.95. The van der Waals surface area contributed by atoms with Crippen LogP contribution in [-0.2, 0) is 4.74 Å². The van der Waals surface area contributed by atoms with E-state index in [9.17, 15) is 4.79 Å². The molecule has 0 atom stereocenters. The number of hydrogen-bond acceptors (Lipinski definition) is 5. The first kappa shape index (κ1) is 15.3. The van der Waals surface area contributed by atoms with Crippen LogP contribution in [0.15, 0.2) is 18.2 Å². The summed E-state index contributed by atoms with van der Waals surface area (Å²) in [5.41, 5.74) is 1.08. The molecule has 7 heteroatoms. The van der Waals surface area contributed by atoms with Gasteiger partial charge in [0, 0.05) is 10.6 Å². The number of esters is 1. The molecule has 0 fully saturated rings. The van der Waals surface area contributed by atoms with Crippen molar-refractivity contribution in [2.24, 2.45) is 0 Å². The van der Waals surface area contributed by atoms with Crippen molar-refractivity contribution in [1.82, 2.24) is 15.4 Å². The molecule has 21 heavy (non-hydrogen) atoms. The van der Waals surface area contributed by atoms with Crippen molar-refractivity contribution < 1.29 is 14.3 Å². The van der Waals surface area contributed by atoms with Crippen LogP contribution < -0.4 is 4.74 Å². The van der Waals surface area contributed by atoms with Gasteiger partial charge in [-0.3, -0.25) is 0 Å². The van der Waals surface area contributed by atoms with E-state index in [1.54, 1.807) is 25.1 Å². The molecule has 1 heterocycles. The average molecular weight is 310 g/mol. The number of carbonyl (C=O) groups excluding carboxylic acids is 1. The van der Waals surface area contributed by atoms with Crippen molar-refractivity contribution in [3.8, 4) is 17.0 Å². The summed E-state index contributed by atoms with van der Waals surface area (Å²) < 4.78 is 10.6. The van der Waals surface area contributed by atoms with Gasteiger partial charge in [-0.05, 0) is 31.5 Å². The SMILES string of the molecule is CCCOc1ccc(Cl)cc1-c1n[nH]nc1C(=O)OCC. The van der Waals surface area contributed by atoms with Gasteiger partial charge in [-0.2, -0.15) is 10.3 Å². The highest BCUT2D eigenvalue weighted by molar-refractivity contribution is 6.31. The number of carbonyl (C=O) groups is 1. The first-order valence-electron chi connectivity index (χ1n) is 6.68. The zero-order chi connectivity index (χ0) is 15.2. The minimum atomic E-state index is -0.539. The standard InChI is InChI=1S/C14H16ClN3O3/c1-3-7-21-11-6-5-9(15)8-10(11)12-13(17-18-16-12)14(19)20-4-2/h5-6,8H,3-4,7H2,1-2H3,(H,16,17,18). The van der Waals surface area contributed by atoms with Gasteiger partial charge < -0.3 is 9.47 Å². The van der Waals surface area contributed by atoms with Crippen molar-refractivity contribution in [2.45, 2.75) is 20.3 Å². The van der Waals surface area contributed by atoms with Gasteiger partial charge in [-0.15, -0.1) is 5.10 Å². The Bertz CT molecular complexity index is 628. The summed E-state index contributed by atoms with van der Waals surface area (Å²) in [5.74, 6) is 0.0587. The molecular weight excluding hydrogens is 294 g/mol. The van der Waals surface area contributed by atoms with Gasteiger partial charge in [0.25, 0.3) is 0 Å². The molecule has 2 rings (SSSR count). The topological polar surface area (TPSA) is 77.1 Å². The normalized spacial score (nSPS) is 10.4. The predicted molar refractivity (Wildman–Crippen MR) is 78.6 cm³/mol. The number of halogens is 1. The fraction of sp³-hybridized carbons (Fsp3) is 0.357. The van der Waals surface area contributed by atoms with E-state index in [2.05, 4.69) is 15.4 Å². The van der Waals surface area contributed by atoms with Crippen LogP contribution in [0.3, 0.4) is 0 Å². The lowest BCUT2D eigenvalue weighted by molar-refractivity contribution is 0.0520. The highest BCUT2D eigenvalue weighted by atomic mass is 35.5. The number of nitrogens with zero attached hydrogens (tertiary/aromatic N) is 2. The Morgan fingerprint density at radius 2 is 2.14 bits per heavy atom. The fourth-order valence-corrected chi connectivity index (χ4v) is 1.96. The molecule has 0 bridgehead atoms. The third kappa shape index (κ3) is 3.52. The molecule has 0 aliphatic heterocycles. The Hall–Kier alpha value is -2.08. The smallest absolute Gasteiger partial charge is 0.361 e. The van der Waals surface area contributed by atoms with E-state index in [1.165, 1.54) is 0 Å². The summed E-state index contributed by atoms with van der Waals surface area (Å²) in [6.07, 6.45) is 0.867. The number of hydrogen-bond donors (Lipinski definition) is 1. The maximum absolute atomic E-state index is 11.9. The van der Waals surface area contributed by atoms with Gasteiger partial charge in [0.2, 0.25) is 0 Å². The molecule has 0 amide bonds. The van der Waals surface area contributed by atoms with Crippen LogP contribution in [0.5, 0.6) is 5.75 Å². The minimum absolute atomic E-state index is 0.112. The van der Waals surface area contributed by atoms with E-state index in [-0.39, 0.29) is 12.3 Å². The molecule has 0 radical (unpaired) electrons. The summed E-state index contributed by atoms with van der Waals surface area (Å²) in [5, 5.41) is 10.8. The maximum atomic E-state index is 11.9. The molecule has 1 aromatic heterocycles. The first-order chi connectivity index (χ1) is 10.2. The van der Waals surface area contributed by atoms with Crippen molar-refractivity contribution >= 4 is 17.6 Å². The van der Waals surface area contributed by atoms with Crippen molar-refractivity contribution in [3.63, 3.8) is 0 Å². The Morgan fingerprint density at radius 3 is 2.86 bits per heavy atom. The lowest BCUT2D eigenvalue weighted by Crippen LogP contribution is -2.07. The molecule has 112 valence electrons. The fourth-order valence-electron chi connectivity index (χ4n) is 1.79. The molecular formula is C14H16ClN3O3. The number of aromatic amines is 1. The Morgan fingerprint density at radius 1 is 1.33 bits per heavy atom. The Kier molecular flexibility index (Phi) is 5.16. The Labute approximate surface area is 127 Å². The van der Waals surface area contributed by atoms with E-state index in [0.717, 1.165) is 6.42 Å². The van der Waals surface area contributed by atoms with Gasteiger partial charge >= 0.3 is 5.97 Å². The number of ether oxygens (including phenoxy) is 2. The molecule has 6 nitrogen and oxygen atoms in total. The molecule has 0 spiro atoms. The molecule has 0 saturated heterocycles. The summed E-state index contributed by atoms with van der Waals surface area (Å²) >= 11 is 6.03. The molecule has 0 aliphatic carbocycles. The number of rotatable bonds is 6. The van der Waals surface area contributed by atoms with Crippen molar-refractivity contribution in [3.05, 3.63) is 28.9 Å². The first-order valence-corrected chi connectivity index (χ1v) is 7.05. The van der Waals surface area contributed by atoms with Crippen LogP contribution in [0, 0.1) is 0 Å². The second-order valence-corrected chi connectivity index (χ2v) is 4.67. The lowest BCUT2D eigenvalue weighted by atomic mass is 10.1. The molecule has 2 aromatic rings. The summed E-state index contributed by atoms with van der Waals surface area (Å²) in [7, 11) is 0. The second-order valence-electron chi connectivity index (χ2n) is 4.23. The van der Waals surface area contributed by atoms with Crippen LogP contribution in [0.1, 0.15) is 30.8 Å². The Balaban J connectivity index is 2.43. The number of H-pyrrole nitrogens is 1. The molecule has 1 aromatic carbocycles. The zero-order valence-electron chi connectivity index (χ0n) is 11.9. The van der Waals surface area contributed by atoms with Crippen LogP contribution >= 0.6 is 11.6 Å². The number of benzene rings is 1. The summed E-state index contributed by atoms with van der Waals surface area (Å²) in [6, 6.07) is 5.16. The third-order valence-corrected chi connectivity index (χ3v) is 2.91. The van der Waals surface area contributed by atoms with E-state index >= 15 is 0 Å². The van der Waals surface area contributed by atoms with Gasteiger partial charge in [-0.25, -0.2) is 4.79 Å². The summed E-state index contributed by atoms with van der Waals surface area (Å²) in [4.78, 5) is 11.9. The predicted octanol–water partition coefficient (Wildman–Crippen LogP) is 3.09. The lowest BCUT2D eigenvalue weighted by Gasteiger charge is -2.10. The quantitative estimate of drug-likeness (QED) is 0.830. The van der Waals surface area contributed by atoms with E-state index < -0.39 is 5.97 Å². The van der Waals surface area contributed by atoms with Gasteiger partial charge in [0.1, 0.15) is 11.4 Å². The van der Waals surface area contributed by atoms with Crippen LogP contribution in [0.25, 0.3) is 11.3 Å². The number of nitrogens with one attached hydrogen (secondary N) is 1. The van der Waals surface area contributed by atoms with Crippen molar-refractivity contribution in [2.75, 3.05) is 13.2 Å². The molecule has 1 N–H and O–H groups in total. The van der Waals surface area contributed by atoms with E-state index in [0.29, 0.717) is 28.6 Å². The highest BCUT2D eigenvalue weighted by Gasteiger charge is 2.22. The van der Waals surface area contributed by atoms with Crippen LogP contribution in [0.4, 0.5) is 0 Å². The molecule has 0 aliphatic rings. The van der Waals surface area contributed by atoms with Crippen LogP contribution in [0.2, 0.25) is 5.02 Å². The maximum Gasteiger partial charge on any atom is 0.361 e. The molecule has 0 unspecified atom stereocenters. The van der Waals surface area contributed by atoms with Gasteiger partial charge in [0.15, 0.2) is 5.69 Å². The van der Waals surface area contributed by atoms with Crippen LogP contribution in [-0.4, -0.2) is 34.6 Å². The van der Waals surface area contributed by atoms with Gasteiger partial charge in [-0.1, -0.05) is 18.5 Å². The minimum Gasteiger partial charge on any atom is -0.493 e. The second kappa shape index (κ2) is 7.08. The van der Waals surface area contributed by atoms with Crippen molar-refractivity contribution in [1.29, 1.82) is 0 Å². The largest absolute Gasteiger partial charge is 0.493 e.